The van der Waals surface area contributed by atoms with E-state index in [2.05, 4.69) is 27.5 Å². The number of ether oxygens (including phenoxy) is 1. The molecule has 29 heavy (non-hydrogen) atoms. The van der Waals surface area contributed by atoms with Crippen molar-refractivity contribution in [2.45, 2.75) is 57.5 Å². The van der Waals surface area contributed by atoms with Crippen molar-refractivity contribution in [2.75, 3.05) is 6.61 Å². The molecule has 6 nitrogen and oxygen atoms in total. The number of H-pyrrole nitrogens is 1. The van der Waals surface area contributed by atoms with Gasteiger partial charge in [-0.1, -0.05) is 17.3 Å². The van der Waals surface area contributed by atoms with Crippen LogP contribution < -0.4 is 4.74 Å². The summed E-state index contributed by atoms with van der Waals surface area (Å²) >= 11 is 0. The van der Waals surface area contributed by atoms with Gasteiger partial charge in [0.2, 0.25) is 0 Å². The molecule has 1 aliphatic carbocycles. The molecule has 1 saturated carbocycles. The van der Waals surface area contributed by atoms with Gasteiger partial charge in [-0.3, -0.25) is 5.10 Å². The Morgan fingerprint density at radius 1 is 1.24 bits per heavy atom. The summed E-state index contributed by atoms with van der Waals surface area (Å²) in [5.74, 6) is 2.28. The third-order valence-electron chi connectivity index (χ3n) is 5.96. The van der Waals surface area contributed by atoms with E-state index in [1.54, 1.807) is 12.4 Å². The summed E-state index contributed by atoms with van der Waals surface area (Å²) in [4.78, 5) is 0. The van der Waals surface area contributed by atoms with Gasteiger partial charge in [-0.05, 0) is 69.1 Å². The van der Waals surface area contributed by atoms with Gasteiger partial charge in [-0.15, -0.1) is 0 Å². The Bertz CT molecular complexity index is 879. The van der Waals surface area contributed by atoms with Crippen molar-refractivity contribution in [3.05, 3.63) is 54.0 Å². The van der Waals surface area contributed by atoms with Crippen LogP contribution in [0.1, 0.15) is 50.3 Å². The van der Waals surface area contributed by atoms with E-state index in [1.807, 2.05) is 25.1 Å². The first-order chi connectivity index (χ1) is 14.1. The second-order valence-electron chi connectivity index (χ2n) is 8.13. The number of benzene rings is 1. The summed E-state index contributed by atoms with van der Waals surface area (Å²) in [7, 11) is 0. The van der Waals surface area contributed by atoms with Crippen LogP contribution in [-0.2, 0) is 12.8 Å². The van der Waals surface area contributed by atoms with E-state index in [4.69, 9.17) is 9.26 Å². The predicted octanol–water partition coefficient (Wildman–Crippen LogP) is 4.56. The molecule has 1 aliphatic rings. The number of rotatable bonds is 8. The lowest BCUT2D eigenvalue weighted by atomic mass is 9.75. The molecule has 0 atom stereocenters. The monoisotopic (exact) mass is 395 g/mol. The first kappa shape index (κ1) is 19.7. The van der Waals surface area contributed by atoms with Gasteiger partial charge in [0.05, 0.1) is 29.7 Å². The highest BCUT2D eigenvalue weighted by atomic mass is 16.5. The van der Waals surface area contributed by atoms with Crippen molar-refractivity contribution in [1.82, 2.24) is 15.4 Å². The van der Waals surface area contributed by atoms with Crippen molar-refractivity contribution < 1.29 is 14.4 Å². The lowest BCUT2D eigenvalue weighted by molar-refractivity contribution is -0.0110. The Morgan fingerprint density at radius 2 is 2.03 bits per heavy atom. The van der Waals surface area contributed by atoms with Crippen LogP contribution in [0.3, 0.4) is 0 Å². The summed E-state index contributed by atoms with van der Waals surface area (Å²) in [5.41, 5.74) is 2.34. The van der Waals surface area contributed by atoms with Crippen molar-refractivity contribution >= 4 is 0 Å². The average Bonchev–Trinajstić information content (AvgIpc) is 3.41. The van der Waals surface area contributed by atoms with Gasteiger partial charge in [0.25, 0.3) is 0 Å². The van der Waals surface area contributed by atoms with Gasteiger partial charge in [0.1, 0.15) is 5.75 Å². The number of hydrogen-bond donors (Lipinski definition) is 2. The zero-order valence-electron chi connectivity index (χ0n) is 16.9. The number of hydrogen-bond acceptors (Lipinski definition) is 5. The Hall–Kier alpha value is -2.60. The van der Waals surface area contributed by atoms with Crippen molar-refractivity contribution in [3.8, 4) is 17.1 Å². The smallest absolute Gasteiger partial charge is 0.170 e. The Kier molecular flexibility index (Phi) is 6.00. The third-order valence-corrected chi connectivity index (χ3v) is 5.96. The minimum atomic E-state index is -0.680. The molecule has 2 aromatic heterocycles. The quantitative estimate of drug-likeness (QED) is 0.584. The number of aliphatic hydroxyl groups is 1. The molecule has 4 rings (SSSR count). The maximum atomic E-state index is 11.0. The van der Waals surface area contributed by atoms with Gasteiger partial charge in [-0.25, -0.2) is 0 Å². The Labute approximate surface area is 171 Å². The average molecular weight is 396 g/mol. The van der Waals surface area contributed by atoms with Gasteiger partial charge >= 0.3 is 0 Å². The van der Waals surface area contributed by atoms with E-state index < -0.39 is 5.60 Å². The fraction of sp³-hybridized carbons (Fsp3) is 0.478. The highest BCUT2D eigenvalue weighted by Gasteiger charge is 2.34. The van der Waals surface area contributed by atoms with E-state index in [0.717, 1.165) is 49.1 Å². The van der Waals surface area contributed by atoms with Gasteiger partial charge in [0, 0.05) is 18.7 Å². The van der Waals surface area contributed by atoms with Crippen LogP contribution in [0.5, 0.6) is 5.75 Å². The Morgan fingerprint density at radius 3 is 2.72 bits per heavy atom. The highest BCUT2D eigenvalue weighted by Crippen LogP contribution is 2.37. The molecule has 0 amide bonds. The first-order valence-electron chi connectivity index (χ1n) is 10.5. The molecule has 0 spiro atoms. The van der Waals surface area contributed by atoms with Crippen molar-refractivity contribution in [3.63, 3.8) is 0 Å². The maximum Gasteiger partial charge on any atom is 0.170 e. The van der Waals surface area contributed by atoms with Crippen LogP contribution in [0.2, 0.25) is 0 Å². The van der Waals surface area contributed by atoms with E-state index in [0.29, 0.717) is 24.7 Å². The molecule has 2 N–H and O–H groups in total. The van der Waals surface area contributed by atoms with Gasteiger partial charge in [-0.2, -0.15) is 5.10 Å². The minimum Gasteiger partial charge on any atom is -0.494 e. The molecule has 0 radical (unpaired) electrons. The second kappa shape index (κ2) is 8.82. The highest BCUT2D eigenvalue weighted by molar-refractivity contribution is 5.54. The fourth-order valence-corrected chi connectivity index (χ4v) is 4.22. The van der Waals surface area contributed by atoms with Crippen LogP contribution in [0.4, 0.5) is 0 Å². The molecule has 0 bridgehead atoms. The maximum absolute atomic E-state index is 11.0. The van der Waals surface area contributed by atoms with E-state index in [1.165, 1.54) is 12.0 Å². The van der Waals surface area contributed by atoms with Crippen LogP contribution in [-0.4, -0.2) is 32.7 Å². The van der Waals surface area contributed by atoms with E-state index >= 15 is 0 Å². The number of nitrogens with zero attached hydrogens (tertiary/aromatic N) is 2. The summed E-state index contributed by atoms with van der Waals surface area (Å²) in [6.45, 7) is 2.70. The molecule has 154 valence electrons. The second-order valence-corrected chi connectivity index (χ2v) is 8.13. The van der Waals surface area contributed by atoms with Crippen molar-refractivity contribution in [2.24, 2.45) is 5.92 Å². The normalized spacial score (nSPS) is 21.9. The lowest BCUT2D eigenvalue weighted by Gasteiger charge is -2.35. The number of aromatic nitrogens is 3. The van der Waals surface area contributed by atoms with Crippen LogP contribution in [0.15, 0.2) is 47.2 Å². The topological polar surface area (TPSA) is 84.2 Å². The standard InChI is InChI=1S/C23H29N3O3/c1-2-28-21-7-5-17(6-8-21)3-4-18-9-11-23(27,12-10-18)14-20-13-22(29-26-20)19-15-24-25-16-19/h5-8,13,15-16,18,27H,2-4,9-12,14H2,1H3,(H,24,25). The minimum absolute atomic E-state index is 0.542. The predicted molar refractivity (Wildman–Crippen MR) is 111 cm³/mol. The summed E-state index contributed by atoms with van der Waals surface area (Å²) in [5, 5.41) is 21.9. The zero-order chi connectivity index (χ0) is 20.1. The molecule has 2 heterocycles. The molecule has 0 aliphatic heterocycles. The van der Waals surface area contributed by atoms with E-state index in [9.17, 15) is 5.11 Å². The summed E-state index contributed by atoms with van der Waals surface area (Å²) < 4.78 is 10.9. The molecule has 1 fully saturated rings. The van der Waals surface area contributed by atoms with Crippen LogP contribution in [0.25, 0.3) is 11.3 Å². The molecule has 0 saturated heterocycles. The number of aromatic amines is 1. The first-order valence-corrected chi connectivity index (χ1v) is 10.5. The van der Waals surface area contributed by atoms with Crippen LogP contribution in [0, 0.1) is 5.92 Å². The molecular formula is C23H29N3O3. The summed E-state index contributed by atoms with van der Waals surface area (Å²) in [6, 6.07) is 10.3. The molecule has 0 unspecified atom stereocenters. The van der Waals surface area contributed by atoms with Crippen molar-refractivity contribution in [1.29, 1.82) is 0 Å². The summed E-state index contributed by atoms with van der Waals surface area (Å²) in [6.07, 6.45) is 10.00. The molecular weight excluding hydrogens is 366 g/mol. The molecule has 3 aromatic rings. The number of aryl methyl sites for hydroxylation is 1. The molecule has 6 heteroatoms. The fourth-order valence-electron chi connectivity index (χ4n) is 4.22. The third kappa shape index (κ3) is 5.07. The lowest BCUT2D eigenvalue weighted by Crippen LogP contribution is -2.36. The largest absolute Gasteiger partial charge is 0.494 e. The van der Waals surface area contributed by atoms with Gasteiger partial charge < -0.3 is 14.4 Å². The molecule has 1 aromatic carbocycles. The SMILES string of the molecule is CCOc1ccc(CCC2CCC(O)(Cc3cc(-c4cn[nH]c4)on3)CC2)cc1. The zero-order valence-corrected chi connectivity index (χ0v) is 16.9. The Balaban J connectivity index is 1.25. The van der Waals surface area contributed by atoms with Crippen LogP contribution >= 0.6 is 0 Å². The van der Waals surface area contributed by atoms with E-state index in [-0.39, 0.29) is 0 Å². The number of nitrogens with one attached hydrogen (secondary N) is 1. The van der Waals surface area contributed by atoms with Gasteiger partial charge in [0.15, 0.2) is 5.76 Å².